The van der Waals surface area contributed by atoms with Gasteiger partial charge in [-0.05, 0) is 28.1 Å². The number of carbonyl (C=O) groups is 1. The molecule has 0 aliphatic rings. The average molecular weight is 398 g/mol. The number of benzene rings is 1. The predicted molar refractivity (Wildman–Crippen MR) is 85.5 cm³/mol. The van der Waals surface area contributed by atoms with Gasteiger partial charge >= 0.3 is 0 Å². The zero-order chi connectivity index (χ0) is 17.4. The minimum absolute atomic E-state index is 0.0866. The number of hydrogen-bond donors (Lipinski definition) is 1. The van der Waals surface area contributed by atoms with Crippen molar-refractivity contribution in [2.75, 3.05) is 5.32 Å². The molecule has 0 saturated carbocycles. The van der Waals surface area contributed by atoms with Crippen molar-refractivity contribution in [1.29, 1.82) is 0 Å². The maximum absolute atomic E-state index is 13.1. The summed E-state index contributed by atoms with van der Waals surface area (Å²) in [6, 6.07) is 2.98. The van der Waals surface area contributed by atoms with Crippen molar-refractivity contribution in [2.45, 2.75) is 6.54 Å². The minimum Gasteiger partial charge on any atom is -0.324 e. The molecule has 10 heteroatoms. The number of nitrogens with one attached hydrogen (secondary N) is 1. The molecule has 0 unspecified atom stereocenters. The number of fused-ring (bicyclic) bond motifs is 1. The number of aromatic nitrogens is 4. The van der Waals surface area contributed by atoms with Crippen molar-refractivity contribution < 1.29 is 13.6 Å². The first-order valence-corrected chi connectivity index (χ1v) is 7.48. The molecule has 0 bridgehead atoms. The van der Waals surface area contributed by atoms with Crippen LogP contribution in [-0.2, 0) is 18.4 Å². The Morgan fingerprint density at radius 2 is 2.08 bits per heavy atom. The number of aryl methyl sites for hydroxylation is 1. The van der Waals surface area contributed by atoms with Crippen LogP contribution in [-0.4, -0.2) is 25.2 Å². The number of carbonyl (C=O) groups excluding carboxylic acids is 1. The van der Waals surface area contributed by atoms with Crippen molar-refractivity contribution >= 4 is 38.6 Å². The lowest BCUT2D eigenvalue weighted by molar-refractivity contribution is -0.116. The SMILES string of the molecule is Cn1nc(Br)c2c(=O)n(CC(=O)Nc3ccc(F)c(F)c3)cnc21. The highest BCUT2D eigenvalue weighted by atomic mass is 79.9. The first-order valence-electron chi connectivity index (χ1n) is 6.69. The van der Waals surface area contributed by atoms with E-state index in [-0.39, 0.29) is 17.6 Å². The van der Waals surface area contributed by atoms with E-state index in [0.717, 1.165) is 16.7 Å². The van der Waals surface area contributed by atoms with Gasteiger partial charge in [-0.25, -0.2) is 18.4 Å². The molecule has 124 valence electrons. The van der Waals surface area contributed by atoms with Gasteiger partial charge in [-0.2, -0.15) is 5.10 Å². The molecule has 2 aromatic heterocycles. The predicted octanol–water partition coefficient (Wildman–Crippen LogP) is 1.81. The molecule has 2 heterocycles. The van der Waals surface area contributed by atoms with E-state index in [2.05, 4.69) is 31.3 Å². The molecule has 0 radical (unpaired) electrons. The van der Waals surface area contributed by atoms with Crippen LogP contribution in [0.1, 0.15) is 0 Å². The molecule has 0 spiro atoms. The highest BCUT2D eigenvalue weighted by Crippen LogP contribution is 2.17. The second-order valence-electron chi connectivity index (χ2n) is 4.97. The standard InChI is InChI=1S/C14H10BrF2N5O2/c1-21-13-11(12(15)20-21)14(24)22(6-18-13)5-10(23)19-7-2-3-8(16)9(17)4-7/h2-4,6H,5H2,1H3,(H,19,23). The van der Waals surface area contributed by atoms with E-state index in [9.17, 15) is 18.4 Å². The number of hydrogen-bond acceptors (Lipinski definition) is 4. The Labute approximate surface area is 142 Å². The van der Waals surface area contributed by atoms with E-state index in [1.165, 1.54) is 17.1 Å². The van der Waals surface area contributed by atoms with Crippen molar-refractivity contribution in [2.24, 2.45) is 7.05 Å². The number of rotatable bonds is 3. The molecule has 3 rings (SSSR count). The second kappa shape index (κ2) is 6.11. The van der Waals surface area contributed by atoms with Crippen molar-refractivity contribution in [3.63, 3.8) is 0 Å². The number of halogens is 3. The maximum atomic E-state index is 13.1. The molecule has 0 aliphatic carbocycles. The van der Waals surface area contributed by atoms with E-state index < -0.39 is 23.1 Å². The fraction of sp³-hybridized carbons (Fsp3) is 0.143. The number of nitrogens with zero attached hydrogens (tertiary/aromatic N) is 4. The summed E-state index contributed by atoms with van der Waals surface area (Å²) in [4.78, 5) is 28.5. The molecule has 1 amide bonds. The molecule has 1 N–H and O–H groups in total. The van der Waals surface area contributed by atoms with E-state index in [0.29, 0.717) is 10.3 Å². The van der Waals surface area contributed by atoms with Gasteiger partial charge in [0.25, 0.3) is 5.56 Å². The topological polar surface area (TPSA) is 81.8 Å². The van der Waals surface area contributed by atoms with Gasteiger partial charge in [0.2, 0.25) is 5.91 Å². The Bertz CT molecular complexity index is 1010. The van der Waals surface area contributed by atoms with Crippen molar-refractivity contribution in [3.8, 4) is 0 Å². The van der Waals surface area contributed by atoms with Crippen LogP contribution in [0.15, 0.2) is 33.9 Å². The van der Waals surface area contributed by atoms with Crippen LogP contribution >= 0.6 is 15.9 Å². The molecule has 3 aromatic rings. The van der Waals surface area contributed by atoms with E-state index in [1.807, 2.05) is 0 Å². The van der Waals surface area contributed by atoms with Crippen LogP contribution in [0.2, 0.25) is 0 Å². The summed E-state index contributed by atoms with van der Waals surface area (Å²) in [5.41, 5.74) is 0.0214. The Balaban J connectivity index is 1.85. The van der Waals surface area contributed by atoms with Gasteiger partial charge in [0.05, 0.1) is 0 Å². The molecule has 7 nitrogen and oxygen atoms in total. The summed E-state index contributed by atoms with van der Waals surface area (Å²) in [6.45, 7) is -0.331. The smallest absolute Gasteiger partial charge is 0.266 e. The zero-order valence-electron chi connectivity index (χ0n) is 12.3. The maximum Gasteiger partial charge on any atom is 0.266 e. The summed E-state index contributed by atoms with van der Waals surface area (Å²) in [7, 11) is 1.64. The summed E-state index contributed by atoms with van der Waals surface area (Å²) in [6.07, 6.45) is 1.23. The van der Waals surface area contributed by atoms with Gasteiger partial charge in [0.15, 0.2) is 17.3 Å². The van der Waals surface area contributed by atoms with E-state index in [1.54, 1.807) is 7.05 Å². The zero-order valence-corrected chi connectivity index (χ0v) is 13.8. The third kappa shape index (κ3) is 2.92. The largest absolute Gasteiger partial charge is 0.324 e. The average Bonchev–Trinajstić information content (AvgIpc) is 2.81. The molecule has 0 atom stereocenters. The van der Waals surface area contributed by atoms with Crippen LogP contribution in [0.25, 0.3) is 11.0 Å². The first kappa shape index (κ1) is 16.2. The number of amides is 1. The van der Waals surface area contributed by atoms with Crippen molar-refractivity contribution in [3.05, 3.63) is 51.1 Å². The Kier molecular flexibility index (Phi) is 4.14. The summed E-state index contributed by atoms with van der Waals surface area (Å²) >= 11 is 3.17. The van der Waals surface area contributed by atoms with Gasteiger partial charge in [0.1, 0.15) is 22.9 Å². The minimum atomic E-state index is -1.08. The molecule has 24 heavy (non-hydrogen) atoms. The summed E-state index contributed by atoms with van der Waals surface area (Å²) in [5.74, 6) is -2.67. The van der Waals surface area contributed by atoms with Crippen LogP contribution in [0.5, 0.6) is 0 Å². The van der Waals surface area contributed by atoms with Crippen LogP contribution in [0, 0.1) is 11.6 Å². The third-order valence-electron chi connectivity index (χ3n) is 3.29. The van der Waals surface area contributed by atoms with E-state index in [4.69, 9.17) is 0 Å². The monoisotopic (exact) mass is 397 g/mol. The Hall–Kier alpha value is -2.62. The molecule has 0 saturated heterocycles. The van der Waals surface area contributed by atoms with Crippen LogP contribution in [0.4, 0.5) is 14.5 Å². The van der Waals surface area contributed by atoms with Gasteiger partial charge < -0.3 is 5.32 Å². The Morgan fingerprint density at radius 1 is 1.33 bits per heavy atom. The molecule has 0 fully saturated rings. The van der Waals surface area contributed by atoms with Crippen molar-refractivity contribution in [1.82, 2.24) is 19.3 Å². The quantitative estimate of drug-likeness (QED) is 0.730. The fourth-order valence-electron chi connectivity index (χ4n) is 2.18. The highest BCUT2D eigenvalue weighted by Gasteiger charge is 2.15. The second-order valence-corrected chi connectivity index (χ2v) is 5.72. The lowest BCUT2D eigenvalue weighted by atomic mass is 10.3. The summed E-state index contributed by atoms with van der Waals surface area (Å²) < 4.78 is 28.9. The van der Waals surface area contributed by atoms with Crippen LogP contribution in [0.3, 0.4) is 0 Å². The summed E-state index contributed by atoms with van der Waals surface area (Å²) in [5, 5.41) is 6.68. The first-order chi connectivity index (χ1) is 11.4. The van der Waals surface area contributed by atoms with Gasteiger partial charge in [-0.15, -0.1) is 0 Å². The molecule has 1 aromatic carbocycles. The molecular weight excluding hydrogens is 388 g/mol. The third-order valence-corrected chi connectivity index (χ3v) is 3.84. The fourth-order valence-corrected chi connectivity index (χ4v) is 2.76. The highest BCUT2D eigenvalue weighted by molar-refractivity contribution is 9.10. The Morgan fingerprint density at radius 3 is 2.79 bits per heavy atom. The van der Waals surface area contributed by atoms with Gasteiger partial charge in [0, 0.05) is 18.8 Å². The number of anilines is 1. The normalized spacial score (nSPS) is 11.0. The van der Waals surface area contributed by atoms with Gasteiger partial charge in [-0.3, -0.25) is 14.2 Å². The van der Waals surface area contributed by atoms with E-state index >= 15 is 0 Å². The van der Waals surface area contributed by atoms with Crippen LogP contribution < -0.4 is 10.9 Å². The molecule has 0 aliphatic heterocycles. The van der Waals surface area contributed by atoms with Gasteiger partial charge in [-0.1, -0.05) is 0 Å². The lowest BCUT2D eigenvalue weighted by Crippen LogP contribution is -2.28. The molecular formula is C14H10BrF2N5O2. The lowest BCUT2D eigenvalue weighted by Gasteiger charge is -2.07.